The molecular formula is C13H12N4O2. The number of carbonyl (C=O) groups is 1. The molecule has 0 bridgehead atoms. The van der Waals surface area contributed by atoms with E-state index in [4.69, 9.17) is 15.3 Å². The first-order valence-electron chi connectivity index (χ1n) is 5.50. The zero-order valence-corrected chi connectivity index (χ0v) is 10.3. The molecule has 1 rings (SSSR count). The number of carbonyl (C=O) groups excluding carboxylic acids is 1. The second-order valence-electron chi connectivity index (χ2n) is 3.35. The van der Waals surface area contributed by atoms with Gasteiger partial charge in [0.15, 0.2) is 0 Å². The molecule has 0 aromatic heterocycles. The summed E-state index contributed by atoms with van der Waals surface area (Å²) in [5, 5.41) is 22.5. The highest BCUT2D eigenvalue weighted by Gasteiger charge is 2.01. The Balaban J connectivity index is 2.63. The Kier molecular flexibility index (Phi) is 5.45. The van der Waals surface area contributed by atoms with E-state index >= 15 is 0 Å². The lowest BCUT2D eigenvalue weighted by Gasteiger charge is -2.06. The Labute approximate surface area is 110 Å². The molecule has 0 saturated carbocycles. The predicted octanol–water partition coefficient (Wildman–Crippen LogP) is 2.60. The van der Waals surface area contributed by atoms with Crippen LogP contribution >= 0.6 is 0 Å². The molecule has 6 nitrogen and oxygen atoms in total. The molecule has 0 saturated heterocycles. The number of benzene rings is 1. The molecular weight excluding hydrogens is 244 g/mol. The highest BCUT2D eigenvalue weighted by molar-refractivity contribution is 5.84. The lowest BCUT2D eigenvalue weighted by molar-refractivity contribution is 0.168. The number of anilines is 2. The first kappa shape index (κ1) is 14.1. The Morgan fingerprint density at radius 2 is 1.84 bits per heavy atom. The lowest BCUT2D eigenvalue weighted by Crippen LogP contribution is -2.13. The summed E-state index contributed by atoms with van der Waals surface area (Å²) in [4.78, 5) is 11.2. The number of ether oxygens (including phenoxy) is 1. The van der Waals surface area contributed by atoms with E-state index in [-0.39, 0.29) is 5.57 Å². The second-order valence-corrected chi connectivity index (χ2v) is 3.35. The Hall–Kier alpha value is -2.99. The van der Waals surface area contributed by atoms with Crippen LogP contribution in [0.4, 0.5) is 16.2 Å². The van der Waals surface area contributed by atoms with Crippen LogP contribution in [0.5, 0.6) is 0 Å². The average Bonchev–Trinajstić information content (AvgIpc) is 2.42. The van der Waals surface area contributed by atoms with E-state index in [0.29, 0.717) is 18.0 Å². The summed E-state index contributed by atoms with van der Waals surface area (Å²) in [5.41, 5.74) is 1.26. The van der Waals surface area contributed by atoms with Gasteiger partial charge in [-0.2, -0.15) is 10.5 Å². The van der Waals surface area contributed by atoms with Crippen LogP contribution in [0.3, 0.4) is 0 Å². The first-order chi connectivity index (χ1) is 9.19. The van der Waals surface area contributed by atoms with Crippen LogP contribution < -0.4 is 10.6 Å². The minimum absolute atomic E-state index is 0.0197. The molecule has 0 aliphatic heterocycles. The molecule has 0 radical (unpaired) electrons. The van der Waals surface area contributed by atoms with Crippen LogP contribution in [0.1, 0.15) is 6.92 Å². The molecule has 0 atom stereocenters. The predicted molar refractivity (Wildman–Crippen MR) is 70.0 cm³/mol. The van der Waals surface area contributed by atoms with Gasteiger partial charge in [-0.05, 0) is 31.2 Å². The standard InChI is InChI=1S/C13H12N4O2/c1-2-19-13(18)17-12-5-3-11(4-6-12)16-9-10(7-14)8-15/h3-6,9,16H,2H2,1H3,(H,17,18). The van der Waals surface area contributed by atoms with Gasteiger partial charge in [0.25, 0.3) is 0 Å². The number of nitriles is 2. The van der Waals surface area contributed by atoms with Crippen molar-refractivity contribution in [2.75, 3.05) is 17.2 Å². The van der Waals surface area contributed by atoms with Crippen LogP contribution in [0.25, 0.3) is 0 Å². The minimum atomic E-state index is -0.514. The van der Waals surface area contributed by atoms with Crippen LogP contribution in [-0.4, -0.2) is 12.7 Å². The molecule has 6 heteroatoms. The van der Waals surface area contributed by atoms with Crippen LogP contribution in [0, 0.1) is 22.7 Å². The Morgan fingerprint density at radius 3 is 2.37 bits per heavy atom. The maximum Gasteiger partial charge on any atom is 0.411 e. The average molecular weight is 256 g/mol. The smallest absolute Gasteiger partial charge is 0.411 e. The van der Waals surface area contributed by atoms with Crippen molar-refractivity contribution < 1.29 is 9.53 Å². The highest BCUT2D eigenvalue weighted by atomic mass is 16.5. The van der Waals surface area contributed by atoms with E-state index in [1.165, 1.54) is 6.20 Å². The number of amides is 1. The summed E-state index contributed by atoms with van der Waals surface area (Å²) >= 11 is 0. The minimum Gasteiger partial charge on any atom is -0.450 e. The van der Waals surface area contributed by atoms with Crippen molar-refractivity contribution in [3.05, 3.63) is 36.0 Å². The van der Waals surface area contributed by atoms with Crippen molar-refractivity contribution in [2.45, 2.75) is 6.92 Å². The van der Waals surface area contributed by atoms with E-state index in [1.54, 1.807) is 43.3 Å². The molecule has 0 aliphatic rings. The van der Waals surface area contributed by atoms with Crippen LogP contribution in [0.15, 0.2) is 36.0 Å². The molecule has 0 aliphatic carbocycles. The highest BCUT2D eigenvalue weighted by Crippen LogP contribution is 2.14. The molecule has 1 aromatic rings. The van der Waals surface area contributed by atoms with Crippen molar-refractivity contribution in [1.29, 1.82) is 10.5 Å². The van der Waals surface area contributed by atoms with Gasteiger partial charge in [0.05, 0.1) is 6.61 Å². The maximum atomic E-state index is 11.2. The topological polar surface area (TPSA) is 97.9 Å². The number of hydrogen-bond acceptors (Lipinski definition) is 5. The van der Waals surface area contributed by atoms with Gasteiger partial charge in [0.2, 0.25) is 0 Å². The number of nitrogens with one attached hydrogen (secondary N) is 2. The maximum absolute atomic E-state index is 11.2. The SMILES string of the molecule is CCOC(=O)Nc1ccc(NC=C(C#N)C#N)cc1. The number of nitrogens with zero attached hydrogens (tertiary/aromatic N) is 2. The van der Waals surface area contributed by atoms with E-state index < -0.39 is 6.09 Å². The quantitative estimate of drug-likeness (QED) is 0.807. The Bertz CT molecular complexity index is 533. The second kappa shape index (κ2) is 7.36. The molecule has 0 fully saturated rings. The summed E-state index contributed by atoms with van der Waals surface area (Å²) in [6.07, 6.45) is 0.799. The van der Waals surface area contributed by atoms with Gasteiger partial charge >= 0.3 is 6.09 Å². The van der Waals surface area contributed by atoms with Gasteiger partial charge in [-0.3, -0.25) is 5.32 Å². The number of rotatable bonds is 4. The number of hydrogen-bond donors (Lipinski definition) is 2. The van der Waals surface area contributed by atoms with E-state index in [2.05, 4.69) is 10.6 Å². The monoisotopic (exact) mass is 256 g/mol. The first-order valence-corrected chi connectivity index (χ1v) is 5.50. The summed E-state index contributed by atoms with van der Waals surface area (Å²) in [7, 11) is 0. The third-order valence-corrected chi connectivity index (χ3v) is 2.03. The third-order valence-electron chi connectivity index (χ3n) is 2.03. The zero-order chi connectivity index (χ0) is 14.1. The van der Waals surface area contributed by atoms with Crippen LogP contribution in [-0.2, 0) is 4.74 Å². The largest absolute Gasteiger partial charge is 0.450 e. The summed E-state index contributed by atoms with van der Waals surface area (Å²) < 4.78 is 4.74. The summed E-state index contributed by atoms with van der Waals surface area (Å²) in [5.74, 6) is 0. The zero-order valence-electron chi connectivity index (χ0n) is 10.3. The summed E-state index contributed by atoms with van der Waals surface area (Å²) in [6, 6.07) is 10.2. The van der Waals surface area contributed by atoms with Gasteiger partial charge in [-0.1, -0.05) is 0 Å². The van der Waals surface area contributed by atoms with E-state index in [0.717, 1.165) is 0 Å². The summed E-state index contributed by atoms with van der Waals surface area (Å²) in [6.45, 7) is 2.03. The van der Waals surface area contributed by atoms with Gasteiger partial charge in [-0.15, -0.1) is 0 Å². The molecule has 0 spiro atoms. The number of allylic oxidation sites excluding steroid dienone is 1. The fourth-order valence-corrected chi connectivity index (χ4v) is 1.18. The van der Waals surface area contributed by atoms with Crippen LogP contribution in [0.2, 0.25) is 0 Å². The van der Waals surface area contributed by atoms with Gasteiger partial charge in [-0.25, -0.2) is 4.79 Å². The van der Waals surface area contributed by atoms with E-state index in [9.17, 15) is 4.79 Å². The Morgan fingerprint density at radius 1 is 1.26 bits per heavy atom. The van der Waals surface area contributed by atoms with Gasteiger partial charge < -0.3 is 10.1 Å². The molecule has 0 heterocycles. The normalized spacial score (nSPS) is 8.58. The lowest BCUT2D eigenvalue weighted by atomic mass is 10.2. The van der Waals surface area contributed by atoms with Gasteiger partial charge in [0.1, 0.15) is 17.7 Å². The van der Waals surface area contributed by atoms with Crippen molar-refractivity contribution in [3.63, 3.8) is 0 Å². The van der Waals surface area contributed by atoms with Crippen molar-refractivity contribution in [3.8, 4) is 12.1 Å². The van der Waals surface area contributed by atoms with Crippen molar-refractivity contribution in [2.24, 2.45) is 0 Å². The fourth-order valence-electron chi connectivity index (χ4n) is 1.18. The van der Waals surface area contributed by atoms with Gasteiger partial charge in [0, 0.05) is 17.6 Å². The molecule has 2 N–H and O–H groups in total. The molecule has 1 aromatic carbocycles. The van der Waals surface area contributed by atoms with Crippen molar-refractivity contribution >= 4 is 17.5 Å². The van der Waals surface area contributed by atoms with Crippen molar-refractivity contribution in [1.82, 2.24) is 0 Å². The fraction of sp³-hybridized carbons (Fsp3) is 0.154. The molecule has 0 unspecified atom stereocenters. The third kappa shape index (κ3) is 4.80. The molecule has 1 amide bonds. The molecule has 96 valence electrons. The molecule has 19 heavy (non-hydrogen) atoms. The van der Waals surface area contributed by atoms with E-state index in [1.807, 2.05) is 0 Å².